The molecule has 4 aromatic rings. The average Bonchev–Trinajstić information content (AvgIpc) is 3.93. The van der Waals surface area contributed by atoms with Crippen molar-refractivity contribution < 1.29 is 51.0 Å². The van der Waals surface area contributed by atoms with Gasteiger partial charge in [0.15, 0.2) is 11.6 Å². The molecular formula is C46H54F4N8O7. The molecule has 4 atom stereocenters. The van der Waals surface area contributed by atoms with Crippen LogP contribution in [0.1, 0.15) is 76.1 Å². The molecule has 4 unspecified atom stereocenters. The summed E-state index contributed by atoms with van der Waals surface area (Å²) in [6.45, 7) is 12.6. The third kappa shape index (κ3) is 10.7. The zero-order valence-electron chi connectivity index (χ0n) is 37.1. The molecule has 2 aromatic heterocycles. The minimum absolute atomic E-state index is 0.0475. The second-order valence-electron chi connectivity index (χ2n) is 17.9. The molecule has 4 amide bonds. The van der Waals surface area contributed by atoms with Crippen LogP contribution in [0.25, 0.3) is 22.4 Å². The molecular weight excluding hydrogens is 853 g/mol. The molecule has 2 aromatic carbocycles. The lowest BCUT2D eigenvalue weighted by atomic mass is 9.90. The number of piperazine rings is 1. The highest BCUT2D eigenvalue weighted by Crippen LogP contribution is 2.40. The van der Waals surface area contributed by atoms with Gasteiger partial charge in [-0.3, -0.25) is 14.4 Å². The lowest BCUT2D eigenvalue weighted by Crippen LogP contribution is -2.56. The Balaban J connectivity index is 1.05. The van der Waals surface area contributed by atoms with E-state index in [4.69, 9.17) is 9.47 Å². The van der Waals surface area contributed by atoms with Crippen molar-refractivity contribution in [1.29, 1.82) is 0 Å². The molecule has 3 aliphatic rings. The predicted octanol–water partition coefficient (Wildman–Crippen LogP) is 7.57. The first kappa shape index (κ1) is 46.7. The van der Waals surface area contributed by atoms with Crippen LogP contribution in [0.5, 0.6) is 5.75 Å². The summed E-state index contributed by atoms with van der Waals surface area (Å²) in [5, 5.41) is 5.25. The zero-order valence-corrected chi connectivity index (χ0v) is 37.1. The number of carbonyl (C=O) groups excluding carboxylic acids is 4. The van der Waals surface area contributed by atoms with Gasteiger partial charge in [-0.05, 0) is 73.4 Å². The second-order valence-corrected chi connectivity index (χ2v) is 17.9. The molecule has 5 heterocycles. The number of H-pyrrole nitrogens is 1. The molecule has 0 saturated carbocycles. The normalized spacial score (nSPS) is 20.0. The molecule has 19 heteroatoms. The third-order valence-corrected chi connectivity index (χ3v) is 12.1. The maximum absolute atomic E-state index is 16.1. The Labute approximate surface area is 374 Å². The Morgan fingerprint density at radius 1 is 0.908 bits per heavy atom. The highest BCUT2D eigenvalue weighted by molar-refractivity contribution is 6.05. The fraction of sp³-hybridized carbons (Fsp3) is 0.478. The minimum atomic E-state index is -5.29. The van der Waals surface area contributed by atoms with Gasteiger partial charge >= 0.3 is 12.5 Å². The van der Waals surface area contributed by atoms with Crippen LogP contribution in [0.15, 0.2) is 60.9 Å². The van der Waals surface area contributed by atoms with Gasteiger partial charge in [-0.15, -0.1) is 13.2 Å². The van der Waals surface area contributed by atoms with Crippen LogP contribution in [0.3, 0.4) is 0 Å². The highest BCUT2D eigenvalue weighted by Gasteiger charge is 2.42. The van der Waals surface area contributed by atoms with Gasteiger partial charge in [0.1, 0.15) is 17.7 Å². The number of likely N-dealkylation sites (tertiary alicyclic amines) is 1. The summed E-state index contributed by atoms with van der Waals surface area (Å²) in [6.07, 6.45) is -1.22. The number of alkyl halides is 3. The average molecular weight is 907 g/mol. The molecule has 0 aliphatic carbocycles. The summed E-state index contributed by atoms with van der Waals surface area (Å²) in [7, 11) is 1.24. The first-order chi connectivity index (χ1) is 30.8. The van der Waals surface area contributed by atoms with Gasteiger partial charge in [0.05, 0.1) is 42.5 Å². The van der Waals surface area contributed by atoms with Crippen molar-refractivity contribution in [1.82, 2.24) is 30.1 Å². The quantitative estimate of drug-likeness (QED) is 0.135. The molecule has 65 heavy (non-hydrogen) atoms. The zero-order chi connectivity index (χ0) is 46.8. The van der Waals surface area contributed by atoms with Gasteiger partial charge < -0.3 is 44.5 Å². The van der Waals surface area contributed by atoms with E-state index in [9.17, 15) is 32.3 Å². The van der Waals surface area contributed by atoms with Crippen molar-refractivity contribution in [2.75, 3.05) is 56.7 Å². The molecule has 0 spiro atoms. The number of amides is 4. The maximum Gasteiger partial charge on any atom is 0.573 e. The lowest BCUT2D eigenvalue weighted by molar-refractivity contribution is -0.275. The summed E-state index contributed by atoms with van der Waals surface area (Å²) in [5.41, 5.74) is 0.0912. The van der Waals surface area contributed by atoms with Gasteiger partial charge in [0, 0.05) is 56.4 Å². The van der Waals surface area contributed by atoms with Gasteiger partial charge in [-0.2, -0.15) is 0 Å². The van der Waals surface area contributed by atoms with E-state index in [0.29, 0.717) is 81.6 Å². The first-order valence-electron chi connectivity index (χ1n) is 21.6. The van der Waals surface area contributed by atoms with Crippen LogP contribution in [0, 0.1) is 23.1 Å². The van der Waals surface area contributed by atoms with E-state index in [-0.39, 0.29) is 46.5 Å². The number of pyridine rings is 1. The summed E-state index contributed by atoms with van der Waals surface area (Å²) in [6, 6.07) is 10.4. The SMILES string of the molecule is COC(=O)NC(C(=O)N1CC(C)CC1c1ncc(-c2ccc(-c3ccc(C(=O)Nc4ccc(N5CCN(C(=O)C(C)(C)C)CC5C)nc4)c(F)c3OC(F)(F)F)cc2)[nH]1)C1CCOCC1. The fourth-order valence-corrected chi connectivity index (χ4v) is 8.79. The van der Waals surface area contributed by atoms with Crippen molar-refractivity contribution in [2.45, 2.75) is 78.4 Å². The number of alkyl carbamates (subject to hydrolysis) is 1. The minimum Gasteiger partial charge on any atom is -0.453 e. The summed E-state index contributed by atoms with van der Waals surface area (Å²) < 4.78 is 71.9. The van der Waals surface area contributed by atoms with Crippen LogP contribution >= 0.6 is 0 Å². The van der Waals surface area contributed by atoms with Crippen LogP contribution in [-0.2, 0) is 19.1 Å². The molecule has 3 saturated heterocycles. The van der Waals surface area contributed by atoms with Crippen LogP contribution in [-0.4, -0.2) is 114 Å². The summed E-state index contributed by atoms with van der Waals surface area (Å²) in [5.74, 6) is -2.77. The second kappa shape index (κ2) is 19.1. The molecule has 7 rings (SSSR count). The van der Waals surface area contributed by atoms with E-state index >= 15 is 4.39 Å². The van der Waals surface area contributed by atoms with E-state index in [1.54, 1.807) is 35.4 Å². The number of nitrogens with one attached hydrogen (secondary N) is 3. The smallest absolute Gasteiger partial charge is 0.453 e. The van der Waals surface area contributed by atoms with E-state index in [0.717, 1.165) is 6.07 Å². The standard InChI is InChI=1S/C46H54F4N8O7/c1-26-21-35(58(24-26)42(60)38(55-44(62)63-6)30-15-19-64-20-16-30)40-52-23-34(54-40)29-9-7-28(8-10-29)32-12-13-33(37(47)39(32)65-46(48,49)50)41(59)53-31-11-14-36(51-22-31)57-18-17-56(25-27(57)2)43(61)45(3,4)5/h7-14,22-23,26-27,30,35,38H,15-21,24-25H2,1-6H3,(H,52,54)(H,53,59)(H,55,62). The highest BCUT2D eigenvalue weighted by atomic mass is 19.4. The van der Waals surface area contributed by atoms with E-state index in [2.05, 4.69) is 30.3 Å². The molecule has 0 radical (unpaired) electrons. The molecule has 15 nitrogen and oxygen atoms in total. The Kier molecular flexibility index (Phi) is 13.7. The molecule has 3 fully saturated rings. The maximum atomic E-state index is 16.1. The monoisotopic (exact) mass is 906 g/mol. The number of rotatable bonds is 10. The Morgan fingerprint density at radius 3 is 2.25 bits per heavy atom. The van der Waals surface area contributed by atoms with Crippen LogP contribution < -0.4 is 20.3 Å². The van der Waals surface area contributed by atoms with E-state index < -0.39 is 53.0 Å². The van der Waals surface area contributed by atoms with Crippen LogP contribution in [0.2, 0.25) is 0 Å². The summed E-state index contributed by atoms with van der Waals surface area (Å²) in [4.78, 5) is 70.5. The van der Waals surface area contributed by atoms with E-state index in [1.165, 1.54) is 31.5 Å². The van der Waals surface area contributed by atoms with E-state index in [1.807, 2.05) is 44.4 Å². The number of ether oxygens (including phenoxy) is 3. The van der Waals surface area contributed by atoms with Gasteiger partial charge in [-0.1, -0.05) is 52.0 Å². The van der Waals surface area contributed by atoms with Gasteiger partial charge in [0.25, 0.3) is 5.91 Å². The molecule has 0 bridgehead atoms. The van der Waals surface area contributed by atoms with Crippen molar-refractivity contribution in [2.24, 2.45) is 17.3 Å². The fourth-order valence-electron chi connectivity index (χ4n) is 8.79. The number of imidazole rings is 1. The summed E-state index contributed by atoms with van der Waals surface area (Å²) >= 11 is 0. The van der Waals surface area contributed by atoms with Crippen molar-refractivity contribution >= 4 is 35.3 Å². The number of nitrogens with zero attached hydrogens (tertiary/aromatic N) is 5. The van der Waals surface area contributed by atoms with Gasteiger partial charge in [-0.25, -0.2) is 19.2 Å². The predicted molar refractivity (Wildman–Crippen MR) is 232 cm³/mol. The van der Waals surface area contributed by atoms with Crippen LogP contribution in [0.4, 0.5) is 33.9 Å². The lowest BCUT2D eigenvalue weighted by Gasteiger charge is -2.42. The Hall–Kier alpha value is -6.24. The Morgan fingerprint density at radius 2 is 1.62 bits per heavy atom. The van der Waals surface area contributed by atoms with Gasteiger partial charge in [0.2, 0.25) is 11.8 Å². The third-order valence-electron chi connectivity index (χ3n) is 12.1. The van der Waals surface area contributed by atoms with Crippen molar-refractivity contribution in [3.63, 3.8) is 0 Å². The number of anilines is 2. The largest absolute Gasteiger partial charge is 0.573 e. The van der Waals surface area contributed by atoms with Crippen molar-refractivity contribution in [3.8, 4) is 28.1 Å². The Bertz CT molecular complexity index is 2360. The number of halogens is 4. The number of hydrogen-bond donors (Lipinski definition) is 3. The topological polar surface area (TPSA) is 171 Å². The first-order valence-corrected chi connectivity index (χ1v) is 21.6. The number of carbonyl (C=O) groups is 4. The number of aromatic nitrogens is 3. The molecule has 3 N–H and O–H groups in total. The molecule has 3 aliphatic heterocycles. The number of benzene rings is 2. The van der Waals surface area contributed by atoms with Crippen molar-refractivity contribution in [3.05, 3.63) is 78.1 Å². The molecule has 348 valence electrons. The number of hydrogen-bond acceptors (Lipinski definition) is 10. The number of aromatic amines is 1. The number of methoxy groups -OCH3 is 1.